The molecule has 1 aromatic carbocycles. The van der Waals surface area contributed by atoms with Crippen LogP contribution in [0.5, 0.6) is 0 Å². The molecule has 1 amide bonds. The number of amides is 1. The summed E-state index contributed by atoms with van der Waals surface area (Å²) in [5.41, 5.74) is 3.01. The molecule has 23 heavy (non-hydrogen) atoms. The van der Waals surface area contributed by atoms with Gasteiger partial charge in [0.15, 0.2) is 5.17 Å². The lowest BCUT2D eigenvalue weighted by Gasteiger charge is -2.04. The van der Waals surface area contributed by atoms with Gasteiger partial charge in [0.25, 0.3) is 5.91 Å². The van der Waals surface area contributed by atoms with Crippen molar-refractivity contribution in [3.63, 3.8) is 0 Å². The molecule has 0 unspecified atom stereocenters. The van der Waals surface area contributed by atoms with E-state index in [9.17, 15) is 4.79 Å². The minimum absolute atomic E-state index is 0.0984. The summed E-state index contributed by atoms with van der Waals surface area (Å²) in [6, 6.07) is 10.3. The predicted octanol–water partition coefficient (Wildman–Crippen LogP) is 4.27. The molecule has 1 aromatic heterocycles. The number of nitrogens with zero attached hydrogens (tertiary/aromatic N) is 2. The highest BCUT2D eigenvalue weighted by Crippen LogP contribution is 2.28. The molecule has 1 saturated heterocycles. The van der Waals surface area contributed by atoms with E-state index in [2.05, 4.69) is 28.7 Å². The molecule has 4 nitrogen and oxygen atoms in total. The second-order valence-corrected chi connectivity index (χ2v) is 6.84. The molecule has 2 aromatic rings. The van der Waals surface area contributed by atoms with E-state index in [4.69, 9.17) is 0 Å². The number of carbonyl (C=O) groups is 1. The summed E-state index contributed by atoms with van der Waals surface area (Å²) >= 11 is 1.37. The number of benzene rings is 1. The molecule has 0 atom stereocenters. The molecule has 0 radical (unpaired) electrons. The zero-order valence-corrected chi connectivity index (χ0v) is 14.2. The van der Waals surface area contributed by atoms with E-state index in [-0.39, 0.29) is 5.91 Å². The Morgan fingerprint density at radius 3 is 2.83 bits per heavy atom. The number of hydrogen-bond donors (Lipinski definition) is 1. The van der Waals surface area contributed by atoms with E-state index >= 15 is 0 Å². The molecule has 1 aliphatic heterocycles. The van der Waals surface area contributed by atoms with Gasteiger partial charge in [-0.3, -0.25) is 4.79 Å². The summed E-state index contributed by atoms with van der Waals surface area (Å²) in [6.45, 7) is 6.27. The molecule has 1 fully saturated rings. The van der Waals surface area contributed by atoms with Crippen molar-refractivity contribution < 1.29 is 4.79 Å². The highest BCUT2D eigenvalue weighted by Gasteiger charge is 2.23. The lowest BCUT2D eigenvalue weighted by Crippen LogP contribution is -2.19. The highest BCUT2D eigenvalue weighted by atomic mass is 32.2. The van der Waals surface area contributed by atoms with Gasteiger partial charge in [-0.2, -0.15) is 0 Å². The van der Waals surface area contributed by atoms with Gasteiger partial charge in [-0.05, 0) is 67.9 Å². The van der Waals surface area contributed by atoms with Crippen molar-refractivity contribution in [2.75, 3.05) is 0 Å². The van der Waals surface area contributed by atoms with E-state index in [0.29, 0.717) is 16.1 Å². The van der Waals surface area contributed by atoms with Crippen molar-refractivity contribution in [1.29, 1.82) is 0 Å². The normalized spacial score (nSPS) is 18.2. The fourth-order valence-electron chi connectivity index (χ4n) is 2.28. The van der Waals surface area contributed by atoms with Crippen molar-refractivity contribution in [3.05, 3.63) is 58.8 Å². The third kappa shape index (κ3) is 3.74. The van der Waals surface area contributed by atoms with Gasteiger partial charge in [0, 0.05) is 18.4 Å². The van der Waals surface area contributed by atoms with Gasteiger partial charge in [-0.15, -0.1) is 0 Å². The first kappa shape index (κ1) is 15.6. The number of thioether (sulfide) groups is 1. The maximum absolute atomic E-state index is 12.1. The molecule has 118 valence electrons. The van der Waals surface area contributed by atoms with Gasteiger partial charge in [0.2, 0.25) is 0 Å². The number of aliphatic imine (C=N–C) groups is 1. The number of rotatable bonds is 3. The quantitative estimate of drug-likeness (QED) is 0.857. The molecule has 2 heterocycles. The highest BCUT2D eigenvalue weighted by molar-refractivity contribution is 8.18. The fourth-order valence-corrected chi connectivity index (χ4v) is 3.13. The van der Waals surface area contributed by atoms with Crippen LogP contribution in [-0.4, -0.2) is 15.6 Å². The van der Waals surface area contributed by atoms with Crippen LogP contribution in [0.1, 0.15) is 31.0 Å². The summed E-state index contributed by atoms with van der Waals surface area (Å²) in [7, 11) is 0. The molecule has 3 rings (SSSR count). The van der Waals surface area contributed by atoms with E-state index in [1.54, 1.807) is 0 Å². The van der Waals surface area contributed by atoms with Crippen molar-refractivity contribution in [2.45, 2.75) is 26.8 Å². The van der Waals surface area contributed by atoms with Gasteiger partial charge in [0.1, 0.15) is 0 Å². The van der Waals surface area contributed by atoms with E-state index in [1.165, 1.54) is 11.8 Å². The van der Waals surface area contributed by atoms with E-state index in [1.807, 2.05) is 55.7 Å². The smallest absolute Gasteiger partial charge is 0.264 e. The molecule has 0 bridgehead atoms. The average Bonchev–Trinajstić information content (AvgIpc) is 3.07. The van der Waals surface area contributed by atoms with Crippen LogP contribution in [0.4, 0.5) is 5.69 Å². The Labute approximate surface area is 140 Å². The number of aryl methyl sites for hydroxylation is 1. The lowest BCUT2D eigenvalue weighted by atomic mass is 10.2. The van der Waals surface area contributed by atoms with Crippen LogP contribution in [0.15, 0.2) is 52.6 Å². The van der Waals surface area contributed by atoms with Crippen LogP contribution in [0.2, 0.25) is 0 Å². The maximum atomic E-state index is 12.1. The Morgan fingerprint density at radius 2 is 2.13 bits per heavy atom. The molecule has 0 saturated carbocycles. The summed E-state index contributed by atoms with van der Waals surface area (Å²) in [5, 5.41) is 3.44. The Hall–Kier alpha value is -2.27. The number of amidine groups is 1. The van der Waals surface area contributed by atoms with Gasteiger partial charge in [-0.1, -0.05) is 12.1 Å². The van der Waals surface area contributed by atoms with E-state index in [0.717, 1.165) is 16.8 Å². The molecule has 1 aliphatic rings. The molecule has 0 spiro atoms. The standard InChI is InChI=1S/C18H19N3OS/c1-12(2)21-8-7-14(11-21)10-16-17(22)20-18(23-16)19-15-6-4-5-13(3)9-15/h4-12H,1-3H3,(H,19,20,22)/b16-10+. The zero-order chi connectivity index (χ0) is 16.4. The topological polar surface area (TPSA) is 46.4 Å². The predicted molar refractivity (Wildman–Crippen MR) is 96.8 cm³/mol. The number of hydrogen-bond acceptors (Lipinski definition) is 3. The first-order valence-electron chi connectivity index (χ1n) is 7.55. The average molecular weight is 325 g/mol. The molecule has 5 heteroatoms. The zero-order valence-electron chi connectivity index (χ0n) is 13.4. The van der Waals surface area contributed by atoms with Crippen LogP contribution in [-0.2, 0) is 4.79 Å². The Kier molecular flexibility index (Phi) is 4.39. The Bertz CT molecular complexity index is 802. The van der Waals surface area contributed by atoms with Crippen LogP contribution >= 0.6 is 11.8 Å². The van der Waals surface area contributed by atoms with Crippen LogP contribution in [0.3, 0.4) is 0 Å². The second-order valence-electron chi connectivity index (χ2n) is 5.81. The van der Waals surface area contributed by atoms with Gasteiger partial charge in [0.05, 0.1) is 10.6 Å². The van der Waals surface area contributed by atoms with E-state index < -0.39 is 0 Å². The number of carbonyl (C=O) groups excluding carboxylic acids is 1. The SMILES string of the molecule is Cc1cccc(N=C2NC(=O)/C(=C\c3ccn(C(C)C)c3)S2)c1. The Balaban J connectivity index is 1.80. The monoisotopic (exact) mass is 325 g/mol. The van der Waals surface area contributed by atoms with Gasteiger partial charge in [-0.25, -0.2) is 4.99 Å². The van der Waals surface area contributed by atoms with Crippen molar-refractivity contribution in [2.24, 2.45) is 4.99 Å². The maximum Gasteiger partial charge on any atom is 0.264 e. The number of nitrogens with one attached hydrogen (secondary N) is 1. The second kappa shape index (κ2) is 6.46. The van der Waals surface area contributed by atoms with Gasteiger partial charge < -0.3 is 9.88 Å². The first-order valence-corrected chi connectivity index (χ1v) is 8.36. The van der Waals surface area contributed by atoms with Gasteiger partial charge >= 0.3 is 0 Å². The summed E-state index contributed by atoms with van der Waals surface area (Å²) in [4.78, 5) is 17.3. The minimum Gasteiger partial charge on any atom is -0.351 e. The summed E-state index contributed by atoms with van der Waals surface area (Å²) in [6.07, 6.45) is 5.97. The van der Waals surface area contributed by atoms with Crippen LogP contribution < -0.4 is 5.32 Å². The third-order valence-corrected chi connectivity index (χ3v) is 4.42. The lowest BCUT2D eigenvalue weighted by molar-refractivity contribution is -0.115. The van der Waals surface area contributed by atoms with Crippen molar-refractivity contribution in [3.8, 4) is 0 Å². The van der Waals surface area contributed by atoms with Crippen molar-refractivity contribution in [1.82, 2.24) is 9.88 Å². The van der Waals surface area contributed by atoms with Crippen LogP contribution in [0.25, 0.3) is 6.08 Å². The first-order chi connectivity index (χ1) is 11.0. The molecule has 1 N–H and O–H groups in total. The number of aromatic nitrogens is 1. The fraction of sp³-hybridized carbons (Fsp3) is 0.222. The third-order valence-electron chi connectivity index (χ3n) is 3.51. The summed E-state index contributed by atoms with van der Waals surface area (Å²) in [5.74, 6) is -0.0984. The largest absolute Gasteiger partial charge is 0.351 e. The molecular formula is C18H19N3OS. The minimum atomic E-state index is -0.0984. The molecular weight excluding hydrogens is 306 g/mol. The summed E-state index contributed by atoms with van der Waals surface area (Å²) < 4.78 is 2.12. The van der Waals surface area contributed by atoms with Crippen LogP contribution in [0, 0.1) is 6.92 Å². The molecule has 0 aliphatic carbocycles. The Morgan fingerprint density at radius 1 is 1.30 bits per heavy atom. The van der Waals surface area contributed by atoms with Crippen molar-refractivity contribution >= 4 is 34.6 Å².